The Morgan fingerprint density at radius 1 is 1.18 bits per heavy atom. The normalized spacial score (nSPS) is 9.32. The molecule has 0 saturated heterocycles. The summed E-state index contributed by atoms with van der Waals surface area (Å²) in [7, 11) is 0. The number of rotatable bonds is 6. The predicted molar refractivity (Wildman–Crippen MR) is 78.9 cm³/mol. The van der Waals surface area contributed by atoms with Gasteiger partial charge in [0.15, 0.2) is 5.57 Å². The molecular formula is C16H15FN4O. The Hall–Kier alpha value is -3.04. The molecule has 0 unspecified atom stereocenters. The Morgan fingerprint density at radius 3 is 2.32 bits per heavy atom. The number of hydrogen-bond acceptors (Lipinski definition) is 5. The number of ether oxygens (including phenoxy) is 1. The van der Waals surface area contributed by atoms with Gasteiger partial charge < -0.3 is 10.1 Å². The monoisotopic (exact) mass is 298 g/mol. The maximum absolute atomic E-state index is 14.0. The van der Waals surface area contributed by atoms with E-state index in [-0.39, 0.29) is 23.2 Å². The summed E-state index contributed by atoms with van der Waals surface area (Å²) in [5, 5.41) is 29.2. The Balaban J connectivity index is 3.26. The lowest BCUT2D eigenvalue weighted by Crippen LogP contribution is -2.15. The highest BCUT2D eigenvalue weighted by molar-refractivity contribution is 5.65. The minimum atomic E-state index is -0.633. The van der Waals surface area contributed by atoms with Crippen molar-refractivity contribution in [1.29, 1.82) is 15.8 Å². The van der Waals surface area contributed by atoms with E-state index in [1.165, 1.54) is 12.1 Å². The molecule has 0 amide bonds. The second kappa shape index (κ2) is 8.29. The molecule has 0 aliphatic carbocycles. The first-order valence-corrected chi connectivity index (χ1v) is 6.77. The number of para-hydroxylation sites is 1. The molecule has 22 heavy (non-hydrogen) atoms. The van der Waals surface area contributed by atoms with Crippen molar-refractivity contribution in [3.63, 3.8) is 0 Å². The third kappa shape index (κ3) is 3.98. The zero-order valence-electron chi connectivity index (χ0n) is 12.4. The lowest BCUT2D eigenvalue weighted by atomic mass is 10.2. The van der Waals surface area contributed by atoms with Crippen molar-refractivity contribution in [2.75, 3.05) is 5.32 Å². The summed E-state index contributed by atoms with van der Waals surface area (Å²) in [6.45, 7) is 3.90. The molecule has 0 saturated carbocycles. The molecule has 1 aromatic carbocycles. The van der Waals surface area contributed by atoms with Crippen molar-refractivity contribution in [2.45, 2.75) is 32.8 Å². The predicted octanol–water partition coefficient (Wildman–Crippen LogP) is 3.63. The van der Waals surface area contributed by atoms with Crippen LogP contribution in [0, 0.1) is 39.8 Å². The van der Waals surface area contributed by atoms with E-state index in [0.717, 1.165) is 12.8 Å². The van der Waals surface area contributed by atoms with Crippen molar-refractivity contribution >= 4 is 5.69 Å². The van der Waals surface area contributed by atoms with Gasteiger partial charge in [-0.1, -0.05) is 19.9 Å². The van der Waals surface area contributed by atoms with Gasteiger partial charge in [0.1, 0.15) is 41.2 Å². The van der Waals surface area contributed by atoms with Gasteiger partial charge in [-0.15, -0.1) is 0 Å². The van der Waals surface area contributed by atoms with Gasteiger partial charge in [0.2, 0.25) is 0 Å². The van der Waals surface area contributed by atoms with Gasteiger partial charge in [0.25, 0.3) is 0 Å². The number of hydrogen-bond donors (Lipinski definition) is 1. The average molecular weight is 298 g/mol. The highest BCUT2D eigenvalue weighted by Crippen LogP contribution is 2.30. The molecule has 112 valence electrons. The second-order valence-corrected chi connectivity index (χ2v) is 4.38. The zero-order valence-corrected chi connectivity index (χ0v) is 12.4. The van der Waals surface area contributed by atoms with Crippen LogP contribution in [0.4, 0.5) is 10.1 Å². The van der Waals surface area contributed by atoms with Crippen molar-refractivity contribution in [3.05, 3.63) is 35.3 Å². The topological polar surface area (TPSA) is 92.6 Å². The van der Waals surface area contributed by atoms with Crippen LogP contribution in [0.1, 0.15) is 26.7 Å². The van der Waals surface area contributed by atoms with Crippen LogP contribution in [0.2, 0.25) is 0 Å². The van der Waals surface area contributed by atoms with Gasteiger partial charge in [0.05, 0.1) is 6.10 Å². The minimum absolute atomic E-state index is 0.0612. The molecule has 1 rings (SSSR count). The lowest BCUT2D eigenvalue weighted by molar-refractivity contribution is 0.193. The first kappa shape index (κ1) is 17.0. The Bertz CT molecular complexity index is 672. The van der Waals surface area contributed by atoms with Crippen LogP contribution in [0.15, 0.2) is 29.5 Å². The molecule has 1 aromatic rings. The Morgan fingerprint density at radius 2 is 1.82 bits per heavy atom. The molecule has 0 aliphatic rings. The maximum Gasteiger partial charge on any atom is 0.163 e. The molecule has 0 aliphatic heterocycles. The average Bonchev–Trinajstić information content (AvgIpc) is 2.54. The molecule has 0 heterocycles. The highest BCUT2D eigenvalue weighted by Gasteiger charge is 2.16. The van der Waals surface area contributed by atoms with Gasteiger partial charge >= 0.3 is 0 Å². The van der Waals surface area contributed by atoms with Crippen molar-refractivity contribution in [2.24, 2.45) is 0 Å². The van der Waals surface area contributed by atoms with Crippen LogP contribution in [-0.4, -0.2) is 6.10 Å². The molecular weight excluding hydrogens is 283 g/mol. The van der Waals surface area contributed by atoms with Crippen LogP contribution in [0.25, 0.3) is 0 Å². The molecule has 5 nitrogen and oxygen atoms in total. The fourth-order valence-corrected chi connectivity index (χ4v) is 1.77. The standard InChI is InChI=1S/C16H15FN4O/c1-3-12(4-2)22-15-7-5-6-13(17)16(15)21-14(10-20)11(8-18)9-19/h5-7,12,21H,3-4H2,1-2H3. The number of nitrogens with zero attached hydrogens (tertiary/aromatic N) is 3. The summed E-state index contributed by atoms with van der Waals surface area (Å²) >= 11 is 0. The Labute approximate surface area is 128 Å². The number of nitriles is 3. The van der Waals surface area contributed by atoms with E-state index < -0.39 is 11.4 Å². The number of anilines is 1. The lowest BCUT2D eigenvalue weighted by Gasteiger charge is -2.19. The van der Waals surface area contributed by atoms with Crippen molar-refractivity contribution in [3.8, 4) is 24.0 Å². The largest absolute Gasteiger partial charge is 0.488 e. The van der Waals surface area contributed by atoms with Gasteiger partial charge in [-0.25, -0.2) is 4.39 Å². The summed E-state index contributed by atoms with van der Waals surface area (Å²) in [5.74, 6) is -0.400. The third-order valence-electron chi connectivity index (χ3n) is 3.02. The van der Waals surface area contributed by atoms with Crippen molar-refractivity contribution in [1.82, 2.24) is 0 Å². The molecule has 1 N–H and O–H groups in total. The Kier molecular flexibility index (Phi) is 6.41. The van der Waals surface area contributed by atoms with E-state index in [1.807, 2.05) is 13.8 Å². The third-order valence-corrected chi connectivity index (χ3v) is 3.02. The zero-order chi connectivity index (χ0) is 16.5. The van der Waals surface area contributed by atoms with Crippen LogP contribution in [-0.2, 0) is 0 Å². The summed E-state index contributed by atoms with van der Waals surface area (Å²) in [5.41, 5.74) is -0.794. The van der Waals surface area contributed by atoms with Gasteiger partial charge in [0, 0.05) is 0 Å². The van der Waals surface area contributed by atoms with E-state index in [9.17, 15) is 4.39 Å². The number of allylic oxidation sites excluding steroid dienone is 2. The summed E-state index contributed by atoms with van der Waals surface area (Å²) in [4.78, 5) is 0. The number of halogens is 1. The summed E-state index contributed by atoms with van der Waals surface area (Å²) in [6.07, 6.45) is 1.40. The smallest absolute Gasteiger partial charge is 0.163 e. The van der Waals surface area contributed by atoms with E-state index in [0.29, 0.717) is 0 Å². The highest BCUT2D eigenvalue weighted by atomic mass is 19.1. The van der Waals surface area contributed by atoms with Crippen LogP contribution < -0.4 is 10.1 Å². The molecule has 0 spiro atoms. The van der Waals surface area contributed by atoms with E-state index in [1.54, 1.807) is 24.3 Å². The van der Waals surface area contributed by atoms with E-state index in [4.69, 9.17) is 20.5 Å². The minimum Gasteiger partial charge on any atom is -0.488 e. The SMILES string of the molecule is CCC(CC)Oc1cccc(F)c1NC(C#N)=C(C#N)C#N. The van der Waals surface area contributed by atoms with Gasteiger partial charge in [-0.2, -0.15) is 15.8 Å². The quantitative estimate of drug-likeness (QED) is 0.809. The van der Waals surface area contributed by atoms with Crippen LogP contribution in [0.3, 0.4) is 0 Å². The molecule has 0 fully saturated rings. The fraction of sp³-hybridized carbons (Fsp3) is 0.312. The molecule has 0 atom stereocenters. The van der Waals surface area contributed by atoms with E-state index in [2.05, 4.69) is 5.32 Å². The van der Waals surface area contributed by atoms with Crippen LogP contribution >= 0.6 is 0 Å². The number of nitrogens with one attached hydrogen (secondary N) is 1. The van der Waals surface area contributed by atoms with Crippen LogP contribution in [0.5, 0.6) is 5.75 Å². The summed E-state index contributed by atoms with van der Waals surface area (Å²) in [6, 6.07) is 9.14. The fourth-order valence-electron chi connectivity index (χ4n) is 1.77. The van der Waals surface area contributed by atoms with Gasteiger partial charge in [-0.3, -0.25) is 0 Å². The molecule has 0 aromatic heterocycles. The van der Waals surface area contributed by atoms with Crippen molar-refractivity contribution < 1.29 is 9.13 Å². The second-order valence-electron chi connectivity index (χ2n) is 4.38. The van der Waals surface area contributed by atoms with Gasteiger partial charge in [-0.05, 0) is 25.0 Å². The summed E-state index contributed by atoms with van der Waals surface area (Å²) < 4.78 is 19.8. The van der Waals surface area contributed by atoms with E-state index >= 15 is 0 Å². The molecule has 0 radical (unpaired) electrons. The molecule has 6 heteroatoms. The first-order valence-electron chi connectivity index (χ1n) is 6.77. The first-order chi connectivity index (χ1) is 10.6. The maximum atomic E-state index is 14.0. The number of benzene rings is 1. The molecule has 0 bridgehead atoms.